The molecule has 0 unspecified atom stereocenters. The summed E-state index contributed by atoms with van der Waals surface area (Å²) in [6.07, 6.45) is -15.5. The van der Waals surface area contributed by atoms with Gasteiger partial charge in [0, 0.05) is 24.9 Å². The molecule has 3 aliphatic rings. The Kier molecular flexibility index (Phi) is 7.47. The van der Waals surface area contributed by atoms with Gasteiger partial charge in [0.2, 0.25) is 0 Å². The zero-order valence-electron chi connectivity index (χ0n) is 22.5. The van der Waals surface area contributed by atoms with Gasteiger partial charge in [-0.15, -0.1) is 0 Å². The summed E-state index contributed by atoms with van der Waals surface area (Å²) < 4.78 is 176. The molecular weight excluding hydrogens is 653 g/mol. The number of halogens is 9. The third-order valence-corrected chi connectivity index (χ3v) is 13.1. The van der Waals surface area contributed by atoms with Crippen LogP contribution in [0, 0.1) is 5.82 Å². The molecule has 0 saturated carbocycles. The highest BCUT2D eigenvalue weighted by Crippen LogP contribution is 2.57. The van der Waals surface area contributed by atoms with Crippen LogP contribution in [0.5, 0.6) is 0 Å². The molecule has 5 rings (SSSR count). The molecule has 2 heterocycles. The maximum atomic E-state index is 15.9. The predicted molar refractivity (Wildman–Crippen MR) is 137 cm³/mol. The van der Waals surface area contributed by atoms with Gasteiger partial charge in [0.1, 0.15) is 10.6 Å². The molecule has 2 aliphatic heterocycles. The second-order valence-corrected chi connectivity index (χ2v) is 15.8. The summed E-state index contributed by atoms with van der Waals surface area (Å²) in [6, 6.07) is 3.17. The molecule has 2 fully saturated rings. The van der Waals surface area contributed by atoms with Crippen molar-refractivity contribution in [2.24, 2.45) is 0 Å². The molecule has 6 nitrogen and oxygen atoms in total. The first-order valence-electron chi connectivity index (χ1n) is 13.3. The number of carbonyl (C=O) groups excluding carboxylic acids is 1. The molecule has 2 saturated heterocycles. The molecule has 44 heavy (non-hydrogen) atoms. The lowest BCUT2D eigenvalue weighted by molar-refractivity contribution is -0.348. The zero-order chi connectivity index (χ0) is 32.7. The van der Waals surface area contributed by atoms with E-state index < -0.39 is 120 Å². The Morgan fingerprint density at radius 1 is 0.886 bits per heavy atom. The molecule has 242 valence electrons. The van der Waals surface area contributed by atoms with Gasteiger partial charge in [0.15, 0.2) is 25.3 Å². The Morgan fingerprint density at radius 3 is 2.00 bits per heavy atom. The van der Waals surface area contributed by atoms with Crippen LogP contribution in [0.1, 0.15) is 42.4 Å². The molecule has 0 radical (unpaired) electrons. The lowest BCUT2D eigenvalue weighted by Gasteiger charge is -2.44. The number of hydrogen-bond acceptors (Lipinski definition) is 5. The normalized spacial score (nSPS) is 25.3. The molecule has 2 aromatic carbocycles. The molecule has 0 bridgehead atoms. The highest BCUT2D eigenvalue weighted by atomic mass is 32.2. The van der Waals surface area contributed by atoms with E-state index in [-0.39, 0.29) is 23.6 Å². The summed E-state index contributed by atoms with van der Waals surface area (Å²) in [7, 11) is -8.36. The summed E-state index contributed by atoms with van der Waals surface area (Å²) in [5.74, 6) is -3.28. The molecule has 1 aliphatic carbocycles. The van der Waals surface area contributed by atoms with Crippen molar-refractivity contribution in [3.8, 4) is 0 Å². The van der Waals surface area contributed by atoms with E-state index >= 15 is 4.39 Å². The van der Waals surface area contributed by atoms with Gasteiger partial charge < -0.3 is 4.90 Å². The molecule has 2 atom stereocenters. The number of likely N-dealkylation sites (tertiary alicyclic amines) is 1. The van der Waals surface area contributed by atoms with Crippen molar-refractivity contribution in [1.82, 2.24) is 4.90 Å². The fourth-order valence-electron chi connectivity index (χ4n) is 6.63. The van der Waals surface area contributed by atoms with Crippen molar-refractivity contribution < 1.29 is 61.1 Å². The van der Waals surface area contributed by atoms with Crippen molar-refractivity contribution >= 4 is 25.6 Å². The quantitative estimate of drug-likeness (QED) is 0.326. The maximum absolute atomic E-state index is 15.9. The van der Waals surface area contributed by atoms with E-state index in [1.807, 2.05) is 0 Å². The zero-order valence-corrected chi connectivity index (χ0v) is 24.1. The first kappa shape index (κ1) is 32.6. The number of fused-ring (bicyclic) bond motifs is 3. The summed E-state index contributed by atoms with van der Waals surface area (Å²) in [5, 5.41) is 0. The van der Waals surface area contributed by atoms with Crippen LogP contribution in [0.2, 0.25) is 0 Å². The fourth-order valence-corrected chi connectivity index (χ4v) is 10.5. The van der Waals surface area contributed by atoms with Crippen LogP contribution in [0.15, 0.2) is 47.4 Å². The largest absolute Gasteiger partial charge is 0.435 e. The summed E-state index contributed by atoms with van der Waals surface area (Å²) in [6.45, 7) is -0.415. The van der Waals surface area contributed by atoms with Crippen LogP contribution in [0.25, 0.3) is 0 Å². The van der Waals surface area contributed by atoms with Crippen molar-refractivity contribution in [2.75, 3.05) is 18.1 Å². The van der Waals surface area contributed by atoms with E-state index in [2.05, 4.69) is 0 Å². The number of hydrogen-bond donors (Lipinski definition) is 0. The molecule has 2 aromatic rings. The molecule has 17 heteroatoms. The number of nitrogens with zero attached hydrogens (tertiary/aromatic N) is 1. The number of carbonyl (C=O) groups is 1. The fraction of sp³-hybridized carbons (Fsp3) is 0.519. The van der Waals surface area contributed by atoms with Gasteiger partial charge in [-0.1, -0.05) is 18.2 Å². The average Bonchev–Trinajstić information content (AvgIpc) is 3.34. The molecule has 0 aromatic heterocycles. The van der Waals surface area contributed by atoms with Crippen LogP contribution in [0.3, 0.4) is 0 Å². The standard InChI is InChI=1S/C27H24F9NO5S2/c28-18-3-5-19(6-4-18)44(41,42)24-9-12-37(22(38)23(29)10-13-43(39,40)14-11-23)21(24)8-1-16-15-17(2-7-20(16)24)25(30,26(31,32)33)27(34,35)36/h2-7,15,21H,1,8-14H2/t21-,24-/m1/s1. The second-order valence-electron chi connectivity index (χ2n) is 11.3. The third-order valence-electron chi connectivity index (χ3n) is 8.93. The van der Waals surface area contributed by atoms with E-state index in [4.69, 9.17) is 0 Å². The van der Waals surface area contributed by atoms with Gasteiger partial charge in [-0.05, 0) is 54.7 Å². The number of alkyl halides is 8. The van der Waals surface area contributed by atoms with Crippen molar-refractivity contribution in [1.29, 1.82) is 0 Å². The number of amides is 1. The van der Waals surface area contributed by atoms with Gasteiger partial charge in [-0.2, -0.15) is 26.3 Å². The lowest BCUT2D eigenvalue weighted by Crippen LogP contribution is -2.57. The number of rotatable bonds is 4. The molecule has 0 spiro atoms. The predicted octanol–water partition coefficient (Wildman–Crippen LogP) is 5.25. The monoisotopic (exact) mass is 677 g/mol. The first-order chi connectivity index (χ1) is 20.1. The Bertz CT molecular complexity index is 1680. The lowest BCUT2D eigenvalue weighted by atomic mass is 9.76. The number of aryl methyl sites for hydroxylation is 1. The maximum Gasteiger partial charge on any atom is 0.435 e. The van der Waals surface area contributed by atoms with Crippen molar-refractivity contribution in [3.63, 3.8) is 0 Å². The second kappa shape index (κ2) is 10.1. The Labute approximate surface area is 246 Å². The van der Waals surface area contributed by atoms with E-state index in [9.17, 15) is 56.8 Å². The van der Waals surface area contributed by atoms with E-state index in [1.54, 1.807) is 0 Å². The SMILES string of the molecule is O=C(N1CC[C@@]2(S(=O)(=O)c3ccc(F)cc3)c3ccc(C(F)(C(F)(F)F)C(F)(F)F)cc3CC[C@@H]12)C1(F)CCS(=O)(=O)CC1. The van der Waals surface area contributed by atoms with Gasteiger partial charge in [-0.25, -0.2) is 30.0 Å². The third kappa shape index (κ3) is 4.70. The Morgan fingerprint density at radius 2 is 1.45 bits per heavy atom. The summed E-state index contributed by atoms with van der Waals surface area (Å²) in [4.78, 5) is 14.0. The van der Waals surface area contributed by atoms with E-state index in [0.717, 1.165) is 29.2 Å². The van der Waals surface area contributed by atoms with Crippen LogP contribution < -0.4 is 0 Å². The van der Waals surface area contributed by atoms with Crippen LogP contribution in [-0.4, -0.2) is 69.8 Å². The molecule has 0 N–H and O–H groups in total. The smallest absolute Gasteiger partial charge is 0.335 e. The minimum Gasteiger partial charge on any atom is -0.335 e. The van der Waals surface area contributed by atoms with Gasteiger partial charge in [0.25, 0.3) is 5.91 Å². The molecular formula is C27H24F9NO5S2. The van der Waals surface area contributed by atoms with E-state index in [1.165, 1.54) is 0 Å². The highest BCUT2D eigenvalue weighted by Gasteiger charge is 2.74. The minimum absolute atomic E-state index is 0.192. The van der Waals surface area contributed by atoms with Crippen LogP contribution >= 0.6 is 0 Å². The Hall–Kier alpha value is -2.82. The van der Waals surface area contributed by atoms with Gasteiger partial charge >= 0.3 is 18.0 Å². The van der Waals surface area contributed by atoms with Crippen LogP contribution in [-0.2, 0) is 41.3 Å². The topological polar surface area (TPSA) is 88.6 Å². The number of benzene rings is 2. The van der Waals surface area contributed by atoms with E-state index in [0.29, 0.717) is 12.1 Å². The average molecular weight is 678 g/mol. The minimum atomic E-state index is -6.42. The number of sulfone groups is 2. The summed E-state index contributed by atoms with van der Waals surface area (Å²) in [5.41, 5.74) is -10.9. The Balaban J connectivity index is 1.67. The van der Waals surface area contributed by atoms with Crippen molar-refractivity contribution in [2.45, 2.75) is 71.5 Å². The van der Waals surface area contributed by atoms with Crippen molar-refractivity contribution in [3.05, 3.63) is 65.0 Å². The van der Waals surface area contributed by atoms with Crippen LogP contribution in [0.4, 0.5) is 39.5 Å². The summed E-state index contributed by atoms with van der Waals surface area (Å²) >= 11 is 0. The molecule has 1 amide bonds. The van der Waals surface area contributed by atoms with Gasteiger partial charge in [0.05, 0.1) is 22.4 Å². The van der Waals surface area contributed by atoms with Gasteiger partial charge in [-0.3, -0.25) is 4.79 Å². The highest BCUT2D eigenvalue weighted by molar-refractivity contribution is 7.92. The first-order valence-corrected chi connectivity index (χ1v) is 16.6.